The number of rotatable bonds is 52. The summed E-state index contributed by atoms with van der Waals surface area (Å²) in [5.41, 5.74) is 3.37. The Morgan fingerprint density at radius 3 is 0.958 bits per heavy atom. The van der Waals surface area contributed by atoms with Gasteiger partial charge in [-0.25, -0.2) is 33.3 Å². The van der Waals surface area contributed by atoms with E-state index in [2.05, 4.69) is 29.9 Å². The number of aliphatic hydroxyl groups is 1. The number of nitrogens with two attached hydrogens (primary N) is 2. The smallest absolute Gasteiger partial charge is 0.387 e. The second-order valence-electron chi connectivity index (χ2n) is 32.9. The molecular formula is C76H113N14O43P5S4. The highest BCUT2D eigenvalue weighted by atomic mass is 32.5. The minimum absolute atomic E-state index is 0.00696. The molecule has 0 amide bonds. The number of phosphoric acid groups is 1. The van der Waals surface area contributed by atoms with Crippen molar-refractivity contribution >= 4 is 93.6 Å². The molecule has 0 spiro atoms. The van der Waals surface area contributed by atoms with Gasteiger partial charge in [-0.2, -0.15) is 9.97 Å². The Balaban J connectivity index is 0.844. The molecule has 6 aliphatic heterocycles. The molecule has 66 heteroatoms. The Labute approximate surface area is 825 Å². The monoisotopic (exact) mass is 2190 g/mol. The molecule has 6 saturated heterocycles. The first kappa shape index (κ1) is 114. The predicted octanol–water partition coefficient (Wildman–Crippen LogP) is -2.60. The number of aryl methyl sites for hydroxylation is 6. The van der Waals surface area contributed by atoms with E-state index in [0.29, 0.717) is 5.56 Å². The summed E-state index contributed by atoms with van der Waals surface area (Å²) in [4.78, 5) is 212. The van der Waals surface area contributed by atoms with E-state index in [0.717, 1.165) is 41.4 Å². The van der Waals surface area contributed by atoms with Crippen LogP contribution in [0.4, 0.5) is 11.6 Å². The van der Waals surface area contributed by atoms with Gasteiger partial charge in [0.15, 0.2) is 31.1 Å². The van der Waals surface area contributed by atoms with Crippen LogP contribution in [0.15, 0.2) is 85.1 Å². The summed E-state index contributed by atoms with van der Waals surface area (Å²) in [6.45, 7) is -16.5. The van der Waals surface area contributed by atoms with E-state index in [4.69, 9.17) is 180 Å². The summed E-state index contributed by atoms with van der Waals surface area (Å²) in [7, 11) is 0.702. The van der Waals surface area contributed by atoms with Crippen LogP contribution in [-0.2, 0) is 173 Å². The molecule has 6 fully saturated rings. The number of hydrogen-bond donors (Lipinski definition) is 12. The number of nitrogen functional groups attached to an aromatic ring is 2. The van der Waals surface area contributed by atoms with Crippen LogP contribution in [0, 0.1) is 41.5 Å². The second-order valence-corrected chi connectivity index (χ2v) is 45.5. The maximum atomic E-state index is 15.4. The van der Waals surface area contributed by atoms with E-state index in [-0.39, 0.29) is 112 Å². The average molecular weight is 2190 g/mol. The third-order valence-electron chi connectivity index (χ3n) is 22.9. The number of aromatic amines is 4. The van der Waals surface area contributed by atoms with Gasteiger partial charge in [0.1, 0.15) is 109 Å². The van der Waals surface area contributed by atoms with Gasteiger partial charge in [-0.15, -0.1) is 0 Å². The number of nitrogens with one attached hydrogen (secondary N) is 4. The summed E-state index contributed by atoms with van der Waals surface area (Å²) in [5, 5.41) is 11.8. The molecule has 6 aromatic heterocycles. The normalized spacial score (nSPS) is 29.4. The zero-order valence-corrected chi connectivity index (χ0v) is 85.9. The van der Waals surface area contributed by atoms with Crippen molar-refractivity contribution in [2.45, 2.75) is 202 Å². The van der Waals surface area contributed by atoms with Crippen molar-refractivity contribution in [3.05, 3.63) is 175 Å². The number of phosphoric ester groups is 1. The van der Waals surface area contributed by atoms with Gasteiger partial charge in [0.25, 0.3) is 22.2 Å². The Bertz CT molecular complexity index is 6290. The van der Waals surface area contributed by atoms with Crippen molar-refractivity contribution in [3.8, 4) is 0 Å². The number of anilines is 2. The lowest BCUT2D eigenvalue weighted by Gasteiger charge is -2.30. The first-order chi connectivity index (χ1) is 67.1. The maximum Gasteiger partial charge on any atom is 0.472 e. The maximum absolute atomic E-state index is 15.4. The van der Waals surface area contributed by atoms with E-state index >= 15 is 4.57 Å². The zero-order chi connectivity index (χ0) is 104. The molecule has 6 aliphatic rings. The summed E-state index contributed by atoms with van der Waals surface area (Å²) in [6.07, 6.45) is -30.2. The second kappa shape index (κ2) is 49.8. The van der Waals surface area contributed by atoms with Crippen molar-refractivity contribution in [2.75, 3.05) is 146 Å². The number of H-pyrrole nitrogens is 4. The average Bonchev–Trinajstić information content (AvgIpc) is 1.62. The number of hydrogen-bond acceptors (Lipinski definition) is 46. The molecule has 794 valence electrons. The quantitative estimate of drug-likeness (QED) is 0.0138. The lowest BCUT2D eigenvalue weighted by Crippen LogP contribution is -2.42. The van der Waals surface area contributed by atoms with Crippen LogP contribution in [0.5, 0.6) is 0 Å². The van der Waals surface area contributed by atoms with Crippen molar-refractivity contribution in [2.24, 2.45) is 0 Å². The first-order valence-corrected chi connectivity index (χ1v) is 55.4. The topological polar surface area (TPSA) is 720 Å². The van der Waals surface area contributed by atoms with Crippen molar-refractivity contribution in [1.29, 1.82) is 0 Å². The van der Waals surface area contributed by atoms with E-state index < -0.39 is 272 Å². The summed E-state index contributed by atoms with van der Waals surface area (Å²) >= 11 is 22.7. The summed E-state index contributed by atoms with van der Waals surface area (Å²) in [5.74, 6) is -0.247. The molecular weight excluding hydrogens is 2080 g/mol. The molecule has 6 aromatic rings. The number of aliphatic hydroxyl groups excluding tert-OH is 1. The molecule has 0 aromatic carbocycles. The Morgan fingerprint density at radius 2 is 0.627 bits per heavy atom. The van der Waals surface area contributed by atoms with Gasteiger partial charge in [0.2, 0.25) is 0 Å². The van der Waals surface area contributed by atoms with Crippen LogP contribution in [-0.4, -0.2) is 325 Å². The minimum Gasteiger partial charge on any atom is -0.387 e. The van der Waals surface area contributed by atoms with E-state index in [1.54, 1.807) is 13.8 Å². The van der Waals surface area contributed by atoms with Gasteiger partial charge in [0, 0.05) is 113 Å². The van der Waals surface area contributed by atoms with Crippen molar-refractivity contribution in [1.82, 2.24) is 57.3 Å². The zero-order valence-electron chi connectivity index (χ0n) is 78.2. The number of nitrogens with zero attached hydrogens (tertiary/aromatic N) is 8. The largest absolute Gasteiger partial charge is 0.472 e. The third kappa shape index (κ3) is 28.4. The molecule has 142 heavy (non-hydrogen) atoms. The van der Waals surface area contributed by atoms with Gasteiger partial charge < -0.3 is 139 Å². The fraction of sp³-hybridized carbons (Fsp3) is 0.684. The minimum atomic E-state index is -5.93. The van der Waals surface area contributed by atoms with Gasteiger partial charge in [-0.3, -0.25) is 89.1 Å². The van der Waals surface area contributed by atoms with Crippen LogP contribution >= 0.6 is 34.7 Å². The lowest BCUT2D eigenvalue weighted by molar-refractivity contribution is -0.0849. The summed E-state index contributed by atoms with van der Waals surface area (Å²) < 4.78 is 178. The predicted molar refractivity (Wildman–Crippen MR) is 502 cm³/mol. The summed E-state index contributed by atoms with van der Waals surface area (Å²) in [6, 6.07) is 0. The first-order valence-electron chi connectivity index (χ1n) is 43.5. The Kier molecular flexibility index (Phi) is 40.1. The van der Waals surface area contributed by atoms with Crippen LogP contribution in [0.3, 0.4) is 0 Å². The number of methoxy groups -OCH3 is 5. The van der Waals surface area contributed by atoms with Gasteiger partial charge in [0.05, 0.1) is 111 Å². The van der Waals surface area contributed by atoms with Crippen molar-refractivity contribution < 1.29 is 155 Å². The molecule has 0 bridgehead atoms. The van der Waals surface area contributed by atoms with E-state index in [1.807, 2.05) is 0 Å². The SMILES string of the molecule is CC[C@H]1O[C@@H](n2cc(C)c(N)nc2=O)CC1OP(O)(=S)OC[C@H]1O[C@@H](n2cc(C)c(=O)[nH]c2=O)[C@@H](OCCOC)C1OP(O)(=S)OC[C@H]1O[C@@H](n2cc(C)c(=O)[nH]c2=O)[C@@H](OCCOC)C1OP(=O)(O)OC[C@H]1O[C@@H](n2cc(C)c(N)nc2=O)[C@@H](OCCOC)C1OP(O)(=S)OC[C@H]1O[C@@H](n2cc(C)c(=O)[nH]c2=O)[C@@H](OCCOC)C1OP(O)(=S)OC[C@H]1O[C@@H](n2cc(C)c(=O)[nH]c2=O)[C@@H](OCCOC)C1O. The van der Waals surface area contributed by atoms with Crippen LogP contribution in [0.25, 0.3) is 0 Å². The molecule has 12 heterocycles. The molecule has 0 radical (unpaired) electrons. The fourth-order valence-corrected chi connectivity index (χ4v) is 22.6. The Morgan fingerprint density at radius 1 is 0.359 bits per heavy atom. The highest BCUT2D eigenvalue weighted by Crippen LogP contribution is 2.58. The number of aromatic nitrogens is 12. The van der Waals surface area contributed by atoms with Gasteiger partial charge >= 0.3 is 68.8 Å². The lowest BCUT2D eigenvalue weighted by atomic mass is 10.1. The van der Waals surface area contributed by atoms with Crippen LogP contribution in [0.1, 0.15) is 90.5 Å². The van der Waals surface area contributed by atoms with Gasteiger partial charge in [-0.05, 0) is 95.2 Å². The van der Waals surface area contributed by atoms with Crippen LogP contribution in [0.2, 0.25) is 0 Å². The third-order valence-corrected chi connectivity index (χ3v) is 30.2. The molecule has 0 saturated carbocycles. The highest BCUT2D eigenvalue weighted by molar-refractivity contribution is 8.08. The highest BCUT2D eigenvalue weighted by Gasteiger charge is 2.58. The van der Waals surface area contributed by atoms with E-state index in [9.17, 15) is 77.5 Å². The van der Waals surface area contributed by atoms with E-state index in [1.165, 1.54) is 93.3 Å². The van der Waals surface area contributed by atoms with Gasteiger partial charge in [-0.1, -0.05) is 6.92 Å². The molecule has 0 aliphatic carbocycles. The molecule has 57 nitrogen and oxygen atoms in total. The number of ether oxygens (including phenoxy) is 16. The molecule has 28 atom stereocenters. The molecule has 11 unspecified atom stereocenters. The fourth-order valence-electron chi connectivity index (χ4n) is 15.8. The van der Waals surface area contributed by atoms with Crippen molar-refractivity contribution in [3.63, 3.8) is 0 Å². The molecule has 12 rings (SSSR count). The Hall–Kier alpha value is -6.37. The van der Waals surface area contributed by atoms with Crippen LogP contribution < -0.4 is 67.8 Å². The standard InChI is InChI=1S/C76H113N14O43P5S4/c1-13-42-43(24-49(123-42)85-25-36(2)60(77)79-71(85)96)129-135(104,139)120-34-47-53(58(116-22-17-111-11)69(127-47)89-29-40(6)64(94)83-75(89)100)133-137(106,141)121-33-46-51(56(114-20-15-109-9)67(126-46)88-28-39(5)63(93)82-74(88)99)130-134(102,103)118-32-45-52(57(115-21-16-110-10)68(125-45)86-26-37(3)61(78)80-72(86)97)131-138(107,142)122-35-48-54(59(117-23-18-112-12)70(128-48)90-30-41(7)65(95)84-76(90)101)132-136(105,140)119-31-44-50(91)55(113-19-14-108-8)66(124-44)87-27-38(4)62(92)81-73(87)98/h25-30,42-59,66-70,91H,13-24,31-35H2,1-12H3,(H,102,103)(H,104,139)(H,105,140)(H,106,141)(H,107,142)(H2,77,79,96)(H2,78,80,97)(H,81,92,98)(H,82,93,99)(H,83,94,100)(H,84,95,101)/t42-,43?,44-,45-,46-,47-,48-,49-,50?,51?,52?,53?,54?,55+,56+,57+,58+,59+,66-,67-,68-,69-,70-,135?,136?,137?,138?/m1/s1. The molecule has 14 N–H and O–H groups in total.